The van der Waals surface area contributed by atoms with Gasteiger partial charge in [0.1, 0.15) is 46.3 Å². The zero-order valence-electron chi connectivity index (χ0n) is 40.5. The minimum atomic E-state index is -1.34. The van der Waals surface area contributed by atoms with Crippen molar-refractivity contribution in [2.24, 2.45) is 0 Å². The first-order valence-electron chi connectivity index (χ1n) is 23.4. The molecule has 4 aliphatic rings. The number of allylic oxidation sites excluding steroid dienone is 8. The Bertz CT molecular complexity index is 2250. The average molecular weight is 977 g/mol. The number of carboxylic acid groups (broad SMARTS) is 2. The van der Waals surface area contributed by atoms with E-state index in [-0.39, 0.29) is 71.6 Å². The fourth-order valence-electron chi connectivity index (χ4n) is 9.36. The molecule has 0 aromatic heterocycles. The molecular weight excluding hydrogens is 909 g/mol. The molecule has 6 N–H and O–H groups in total. The van der Waals surface area contributed by atoms with E-state index in [4.69, 9.17) is 9.47 Å². The molecule has 0 unspecified atom stereocenters. The topological polar surface area (TPSA) is 215 Å². The number of hydrogen-bond donors (Lipinski definition) is 6. The van der Waals surface area contributed by atoms with Crippen LogP contribution in [0.5, 0.6) is 23.0 Å². The van der Waals surface area contributed by atoms with E-state index >= 15 is 0 Å². The average Bonchev–Trinajstić information content (AvgIpc) is 3.75. The maximum absolute atomic E-state index is 13.9. The highest BCUT2D eigenvalue weighted by atomic mass is 33.1. The number of benzene rings is 2. The molecule has 2 aromatic carbocycles. The molecule has 4 heterocycles. The summed E-state index contributed by atoms with van der Waals surface area (Å²) in [6.45, 7) is 15.8. The van der Waals surface area contributed by atoms with Crippen molar-refractivity contribution in [1.29, 1.82) is 0 Å². The van der Waals surface area contributed by atoms with Crippen LogP contribution in [-0.4, -0.2) is 111 Å². The first-order valence-corrected chi connectivity index (χ1v) is 25.9. The van der Waals surface area contributed by atoms with Gasteiger partial charge >= 0.3 is 11.9 Å². The van der Waals surface area contributed by atoms with Crippen LogP contribution < -0.4 is 9.47 Å². The van der Waals surface area contributed by atoms with Crippen LogP contribution in [0.3, 0.4) is 0 Å². The van der Waals surface area contributed by atoms with Crippen LogP contribution in [0.1, 0.15) is 150 Å². The summed E-state index contributed by atoms with van der Waals surface area (Å²) in [6.07, 6.45) is 12.8. The Labute approximate surface area is 407 Å². The van der Waals surface area contributed by atoms with Gasteiger partial charge in [-0.3, -0.25) is 9.59 Å². The molecule has 14 nitrogen and oxygen atoms in total. The summed E-state index contributed by atoms with van der Waals surface area (Å²) in [5.74, 6) is -3.94. The highest BCUT2D eigenvalue weighted by Gasteiger charge is 2.48. The van der Waals surface area contributed by atoms with Gasteiger partial charge in [0.15, 0.2) is 0 Å². The number of hydrogen-bond acceptors (Lipinski definition) is 12. The Hall–Kier alpha value is -4.90. The number of aliphatic hydroxyl groups is 2. The molecule has 0 aliphatic carbocycles. The molecule has 68 heavy (non-hydrogen) atoms. The van der Waals surface area contributed by atoms with Crippen LogP contribution in [0.15, 0.2) is 58.7 Å². The molecular formula is C52H68N2O12S2. The Morgan fingerprint density at radius 2 is 1.01 bits per heavy atom. The minimum Gasteiger partial charge on any atom is -0.508 e. The van der Waals surface area contributed by atoms with Crippen molar-refractivity contribution >= 4 is 45.3 Å². The second kappa shape index (κ2) is 21.8. The summed E-state index contributed by atoms with van der Waals surface area (Å²) in [5, 5.41) is 65.4. The largest absolute Gasteiger partial charge is 0.508 e. The van der Waals surface area contributed by atoms with Crippen molar-refractivity contribution in [2.75, 3.05) is 11.5 Å². The zero-order valence-corrected chi connectivity index (χ0v) is 42.1. The first kappa shape index (κ1) is 52.5. The van der Waals surface area contributed by atoms with E-state index in [9.17, 15) is 49.8 Å². The first-order chi connectivity index (χ1) is 32.0. The monoisotopic (exact) mass is 976 g/mol. The number of fused-ring (bicyclic) bond motifs is 6. The third-order valence-corrected chi connectivity index (χ3v) is 16.1. The molecule has 0 bridgehead atoms. The van der Waals surface area contributed by atoms with Crippen LogP contribution in [0.25, 0.3) is 0 Å². The summed E-state index contributed by atoms with van der Waals surface area (Å²) in [7, 11) is 2.11. The number of aliphatic hydroxyl groups excluding tert-OH is 2. The number of carboxylic acids is 2. The zero-order chi connectivity index (χ0) is 49.8. The maximum Gasteiger partial charge on any atom is 0.327 e. The number of aliphatic carboxylic acids is 2. The van der Waals surface area contributed by atoms with Crippen molar-refractivity contribution in [3.05, 3.63) is 92.1 Å². The smallest absolute Gasteiger partial charge is 0.327 e. The number of aromatic hydroxyl groups is 2. The normalized spacial score (nSPS) is 22.9. The predicted octanol–water partition coefficient (Wildman–Crippen LogP) is 9.05. The van der Waals surface area contributed by atoms with Gasteiger partial charge in [0.05, 0.1) is 36.4 Å². The fraction of sp³-hybridized carbons (Fsp3) is 0.538. The van der Waals surface area contributed by atoms with Crippen LogP contribution in [0, 0.1) is 0 Å². The highest BCUT2D eigenvalue weighted by Crippen LogP contribution is 2.49. The second-order valence-corrected chi connectivity index (χ2v) is 22.2. The van der Waals surface area contributed by atoms with Crippen LogP contribution >= 0.6 is 21.6 Å². The van der Waals surface area contributed by atoms with Gasteiger partial charge in [-0.1, -0.05) is 68.2 Å². The van der Waals surface area contributed by atoms with E-state index in [2.05, 4.69) is 65.8 Å². The number of rotatable bonds is 21. The molecule has 0 saturated carbocycles. The number of ether oxygens (including phenoxy) is 2. The van der Waals surface area contributed by atoms with Crippen molar-refractivity contribution in [1.82, 2.24) is 9.80 Å². The van der Waals surface area contributed by atoms with Gasteiger partial charge in [0.2, 0.25) is 0 Å². The summed E-state index contributed by atoms with van der Waals surface area (Å²) in [4.78, 5) is 55.8. The quantitative estimate of drug-likeness (QED) is 0.0391. The second-order valence-electron chi connectivity index (χ2n) is 19.7. The molecule has 6 atom stereocenters. The van der Waals surface area contributed by atoms with Gasteiger partial charge in [0.25, 0.3) is 11.8 Å². The molecule has 4 aliphatic heterocycles. The van der Waals surface area contributed by atoms with Crippen LogP contribution in [0.4, 0.5) is 0 Å². The highest BCUT2D eigenvalue weighted by molar-refractivity contribution is 8.76. The van der Waals surface area contributed by atoms with E-state index in [0.717, 1.165) is 47.3 Å². The molecule has 0 spiro atoms. The van der Waals surface area contributed by atoms with Gasteiger partial charge in [-0.2, -0.15) is 0 Å². The predicted molar refractivity (Wildman–Crippen MR) is 265 cm³/mol. The third-order valence-electron chi connectivity index (χ3n) is 13.7. The van der Waals surface area contributed by atoms with E-state index in [1.807, 2.05) is 0 Å². The number of carbonyl (C=O) groups is 4. The van der Waals surface area contributed by atoms with Crippen molar-refractivity contribution in [2.45, 2.75) is 168 Å². The van der Waals surface area contributed by atoms with Crippen molar-refractivity contribution < 1.29 is 59.3 Å². The van der Waals surface area contributed by atoms with E-state index in [0.29, 0.717) is 47.9 Å². The lowest BCUT2D eigenvalue weighted by Crippen LogP contribution is -2.49. The number of phenols is 2. The van der Waals surface area contributed by atoms with Crippen LogP contribution in [-0.2, 0) is 35.5 Å². The Morgan fingerprint density at radius 3 is 1.35 bits per heavy atom. The van der Waals surface area contributed by atoms with Crippen LogP contribution in [0.2, 0.25) is 0 Å². The SMILES string of the molecule is CC(C)=CCC/C(C)=C/CC[C@]1(C)Oc2c(c(O)cc3c2CN([C@@H](CSSC[C@@H](C(=O)O)N2Cc4c(cc(O)c5c4O[C@@](C)(CC/C=C(\C)CCC=C(C)C)[C@@H](O)C5)C2=O)C(=O)O)C3=O)C[C@@H]1O. The molecule has 370 valence electrons. The molecule has 0 fully saturated rings. The van der Waals surface area contributed by atoms with Gasteiger partial charge in [0, 0.05) is 46.6 Å². The summed E-state index contributed by atoms with van der Waals surface area (Å²) >= 11 is 0. The summed E-state index contributed by atoms with van der Waals surface area (Å²) < 4.78 is 13.0. The Kier molecular flexibility index (Phi) is 16.8. The summed E-state index contributed by atoms with van der Waals surface area (Å²) in [6, 6.07) is -0.0850. The lowest BCUT2D eigenvalue weighted by atomic mass is 9.84. The van der Waals surface area contributed by atoms with Crippen molar-refractivity contribution in [3.8, 4) is 23.0 Å². The molecule has 0 radical (unpaired) electrons. The van der Waals surface area contributed by atoms with Gasteiger partial charge < -0.3 is 49.9 Å². The number of amides is 2. The third kappa shape index (κ3) is 11.6. The Balaban J connectivity index is 1.10. The van der Waals surface area contributed by atoms with Gasteiger partial charge in [-0.05, 0) is 119 Å². The maximum atomic E-state index is 13.9. The van der Waals surface area contributed by atoms with E-state index < -0.39 is 59.2 Å². The summed E-state index contributed by atoms with van der Waals surface area (Å²) in [5.41, 5.74) is 4.66. The number of carbonyl (C=O) groups excluding carboxylic acids is 2. The van der Waals surface area contributed by atoms with Crippen molar-refractivity contribution in [3.63, 3.8) is 0 Å². The lowest BCUT2D eigenvalue weighted by Gasteiger charge is -2.41. The standard InChI is InChI=1S/C52H68N2O12S2/c1-29(2)13-9-15-31(5)17-11-19-51(7)43(57)23-35-41(55)21-33-37(45(35)65-51)25-53(47(33)59)39(49(61)62)27-67-68-28-40(50(63)64)54-26-38-34(48(54)60)22-42(56)36-24-44(58)52(8,66-46(36)38)20-12-18-32(6)16-10-14-30(3)4/h13-14,17-18,21-22,39-40,43-44,55-58H,9-12,15-16,19-20,23-28H2,1-8H3,(H,61,62)(H,63,64)/b31-17+,32-18+/t39-,40-,43-,44-,51-,52-/m0/s1. The number of nitrogens with zero attached hydrogens (tertiary/aromatic N) is 2. The lowest BCUT2D eigenvalue weighted by molar-refractivity contribution is -0.142. The molecule has 2 aromatic rings. The minimum absolute atomic E-state index is 0.0842. The molecule has 2 amide bonds. The molecule has 0 saturated heterocycles. The fourth-order valence-corrected chi connectivity index (χ4v) is 11.8. The van der Waals surface area contributed by atoms with Gasteiger partial charge in [-0.25, -0.2) is 9.59 Å². The van der Waals surface area contributed by atoms with E-state index in [1.165, 1.54) is 44.2 Å². The Morgan fingerprint density at radius 1 is 0.647 bits per heavy atom. The van der Waals surface area contributed by atoms with E-state index in [1.54, 1.807) is 13.8 Å². The molecule has 6 rings (SSSR count). The van der Waals surface area contributed by atoms with Gasteiger partial charge in [-0.15, -0.1) is 0 Å². The number of phenolic OH excluding ortho intramolecular Hbond substituents is 2. The molecule has 16 heteroatoms.